The molecule has 24 heavy (non-hydrogen) atoms. The minimum Gasteiger partial charge on any atom is -0.370 e. The summed E-state index contributed by atoms with van der Waals surface area (Å²) in [6.07, 6.45) is 8.56. The number of amides is 1. The molecule has 126 valence electrons. The molecule has 1 aliphatic rings. The van der Waals surface area contributed by atoms with E-state index < -0.39 is 0 Å². The summed E-state index contributed by atoms with van der Waals surface area (Å²) in [5.41, 5.74) is 2.64. The number of anilines is 2. The van der Waals surface area contributed by atoms with Crippen LogP contribution in [0.25, 0.3) is 0 Å². The van der Waals surface area contributed by atoms with Gasteiger partial charge in [0.25, 0.3) is 5.91 Å². The molecule has 0 atom stereocenters. The van der Waals surface area contributed by atoms with E-state index in [1.54, 1.807) is 11.1 Å². The van der Waals surface area contributed by atoms with Gasteiger partial charge < -0.3 is 9.80 Å². The molecule has 1 aromatic heterocycles. The summed E-state index contributed by atoms with van der Waals surface area (Å²) < 4.78 is 0. The van der Waals surface area contributed by atoms with Crippen molar-refractivity contribution in [1.82, 2.24) is 4.98 Å². The molecule has 1 saturated heterocycles. The van der Waals surface area contributed by atoms with E-state index in [-0.39, 0.29) is 5.91 Å². The van der Waals surface area contributed by atoms with Crippen LogP contribution < -0.4 is 9.80 Å². The van der Waals surface area contributed by atoms with Crippen LogP contribution in [0.1, 0.15) is 43.0 Å². The third-order valence-electron chi connectivity index (χ3n) is 4.57. The quantitative estimate of drug-likeness (QED) is 0.849. The summed E-state index contributed by atoms with van der Waals surface area (Å²) in [5.74, 6) is 0.00729. The highest BCUT2D eigenvalue weighted by atomic mass is 16.2. The first-order chi connectivity index (χ1) is 11.8. The Bertz CT molecular complexity index is 664. The Morgan fingerprint density at radius 2 is 1.79 bits per heavy atom. The average molecular weight is 323 g/mol. The lowest BCUT2D eigenvalue weighted by Gasteiger charge is -2.24. The van der Waals surface area contributed by atoms with Crippen LogP contribution in [0.4, 0.5) is 11.4 Å². The number of carbonyl (C=O) groups is 1. The van der Waals surface area contributed by atoms with Gasteiger partial charge in [0.2, 0.25) is 0 Å². The van der Waals surface area contributed by atoms with Crippen LogP contribution in [-0.4, -0.2) is 30.5 Å². The zero-order valence-corrected chi connectivity index (χ0v) is 14.3. The van der Waals surface area contributed by atoms with Crippen molar-refractivity contribution in [2.75, 3.05) is 29.4 Å². The highest BCUT2D eigenvalue weighted by molar-refractivity contribution is 6.06. The van der Waals surface area contributed by atoms with Crippen molar-refractivity contribution in [3.63, 3.8) is 0 Å². The van der Waals surface area contributed by atoms with E-state index in [1.807, 2.05) is 49.5 Å². The van der Waals surface area contributed by atoms with Gasteiger partial charge in [-0.2, -0.15) is 0 Å². The van der Waals surface area contributed by atoms with Crippen LogP contribution in [-0.2, 0) is 0 Å². The Kier molecular flexibility index (Phi) is 5.47. The first-order valence-corrected chi connectivity index (χ1v) is 8.86. The monoisotopic (exact) mass is 323 g/mol. The zero-order chi connectivity index (χ0) is 16.8. The molecule has 1 fully saturated rings. The number of rotatable bonds is 4. The minimum atomic E-state index is 0.00729. The molecule has 2 aromatic rings. The fourth-order valence-electron chi connectivity index (χ4n) is 3.25. The van der Waals surface area contributed by atoms with Gasteiger partial charge in [-0.1, -0.05) is 31.0 Å². The molecule has 0 N–H and O–H groups in total. The van der Waals surface area contributed by atoms with Gasteiger partial charge in [-0.3, -0.25) is 9.78 Å². The molecule has 4 nitrogen and oxygen atoms in total. The second-order valence-corrected chi connectivity index (χ2v) is 6.22. The molecule has 1 amide bonds. The maximum atomic E-state index is 12.9. The molecule has 0 bridgehead atoms. The second kappa shape index (κ2) is 7.95. The number of hydrogen-bond donors (Lipinski definition) is 0. The number of benzene rings is 1. The Hall–Kier alpha value is -2.36. The summed E-state index contributed by atoms with van der Waals surface area (Å²) in [6.45, 7) is 4.73. The molecule has 1 aliphatic heterocycles. The number of pyridine rings is 1. The molecule has 0 spiro atoms. The van der Waals surface area contributed by atoms with Crippen LogP contribution in [0.2, 0.25) is 0 Å². The average Bonchev–Trinajstić information content (AvgIpc) is 2.93. The topological polar surface area (TPSA) is 36.4 Å². The Morgan fingerprint density at radius 1 is 1.08 bits per heavy atom. The van der Waals surface area contributed by atoms with Gasteiger partial charge >= 0.3 is 0 Å². The maximum absolute atomic E-state index is 12.9. The van der Waals surface area contributed by atoms with Gasteiger partial charge in [0.15, 0.2) is 0 Å². The van der Waals surface area contributed by atoms with Gasteiger partial charge in [-0.15, -0.1) is 0 Å². The van der Waals surface area contributed by atoms with Crippen LogP contribution in [0, 0.1) is 0 Å². The SMILES string of the molecule is CCN(C(=O)c1cncc(N2CCCCCC2)c1)c1ccccc1. The summed E-state index contributed by atoms with van der Waals surface area (Å²) in [6, 6.07) is 11.8. The number of nitrogens with zero attached hydrogens (tertiary/aromatic N) is 3. The van der Waals surface area contributed by atoms with E-state index in [0.29, 0.717) is 12.1 Å². The standard InChI is InChI=1S/C20H25N3O/c1-2-23(18-10-6-5-7-11-18)20(24)17-14-19(16-21-15-17)22-12-8-3-4-9-13-22/h5-7,10-11,14-16H,2-4,8-9,12-13H2,1H3. The Morgan fingerprint density at radius 3 is 2.46 bits per heavy atom. The molecule has 3 rings (SSSR count). The second-order valence-electron chi connectivity index (χ2n) is 6.22. The van der Waals surface area contributed by atoms with Crippen molar-refractivity contribution in [3.8, 4) is 0 Å². The molecule has 4 heteroatoms. The van der Waals surface area contributed by atoms with E-state index >= 15 is 0 Å². The van der Waals surface area contributed by atoms with Gasteiger partial charge in [-0.05, 0) is 38.0 Å². The number of hydrogen-bond acceptors (Lipinski definition) is 3. The molecule has 0 radical (unpaired) electrons. The van der Waals surface area contributed by atoms with E-state index in [2.05, 4.69) is 9.88 Å². The summed E-state index contributed by atoms with van der Waals surface area (Å²) in [5, 5.41) is 0. The van der Waals surface area contributed by atoms with Crippen LogP contribution in [0.15, 0.2) is 48.8 Å². The largest absolute Gasteiger partial charge is 0.370 e. The number of aromatic nitrogens is 1. The predicted octanol–water partition coefficient (Wildman–Crippen LogP) is 4.13. The minimum absolute atomic E-state index is 0.00729. The summed E-state index contributed by atoms with van der Waals surface area (Å²) >= 11 is 0. The van der Waals surface area contributed by atoms with Gasteiger partial charge in [0, 0.05) is 31.5 Å². The molecule has 2 heterocycles. The fourth-order valence-corrected chi connectivity index (χ4v) is 3.25. The molecular weight excluding hydrogens is 298 g/mol. The molecule has 0 aliphatic carbocycles. The van der Waals surface area contributed by atoms with Crippen LogP contribution in [0.3, 0.4) is 0 Å². The first-order valence-electron chi connectivity index (χ1n) is 8.86. The summed E-state index contributed by atoms with van der Waals surface area (Å²) in [4.78, 5) is 21.4. The van der Waals surface area contributed by atoms with E-state index in [0.717, 1.165) is 24.5 Å². The predicted molar refractivity (Wildman–Crippen MR) is 98.7 cm³/mol. The normalized spacial score (nSPS) is 15.0. The van der Waals surface area contributed by atoms with Crippen molar-refractivity contribution in [2.24, 2.45) is 0 Å². The molecular formula is C20H25N3O. The Balaban J connectivity index is 1.83. The van der Waals surface area contributed by atoms with Gasteiger partial charge in [0.05, 0.1) is 17.4 Å². The zero-order valence-electron chi connectivity index (χ0n) is 14.3. The van der Waals surface area contributed by atoms with E-state index in [1.165, 1.54) is 25.7 Å². The van der Waals surface area contributed by atoms with Crippen molar-refractivity contribution >= 4 is 17.3 Å². The van der Waals surface area contributed by atoms with Crippen molar-refractivity contribution in [3.05, 3.63) is 54.4 Å². The highest BCUT2D eigenvalue weighted by Gasteiger charge is 2.18. The lowest BCUT2D eigenvalue weighted by molar-refractivity contribution is 0.0988. The maximum Gasteiger partial charge on any atom is 0.259 e. The highest BCUT2D eigenvalue weighted by Crippen LogP contribution is 2.22. The van der Waals surface area contributed by atoms with Crippen LogP contribution >= 0.6 is 0 Å². The van der Waals surface area contributed by atoms with Crippen molar-refractivity contribution in [1.29, 1.82) is 0 Å². The third-order valence-corrected chi connectivity index (χ3v) is 4.57. The van der Waals surface area contributed by atoms with Crippen LogP contribution in [0.5, 0.6) is 0 Å². The Labute approximate surface area is 144 Å². The summed E-state index contributed by atoms with van der Waals surface area (Å²) in [7, 11) is 0. The molecule has 1 aromatic carbocycles. The van der Waals surface area contributed by atoms with Crippen molar-refractivity contribution < 1.29 is 4.79 Å². The van der Waals surface area contributed by atoms with E-state index in [9.17, 15) is 4.79 Å². The van der Waals surface area contributed by atoms with Crippen molar-refractivity contribution in [2.45, 2.75) is 32.6 Å². The fraction of sp³-hybridized carbons (Fsp3) is 0.400. The van der Waals surface area contributed by atoms with Gasteiger partial charge in [-0.25, -0.2) is 0 Å². The van der Waals surface area contributed by atoms with Gasteiger partial charge in [0.1, 0.15) is 0 Å². The lowest BCUT2D eigenvalue weighted by atomic mass is 10.2. The smallest absolute Gasteiger partial charge is 0.259 e. The lowest BCUT2D eigenvalue weighted by Crippen LogP contribution is -2.31. The van der Waals surface area contributed by atoms with E-state index in [4.69, 9.17) is 0 Å². The molecule has 0 saturated carbocycles. The third kappa shape index (κ3) is 3.75. The number of carbonyl (C=O) groups excluding carboxylic acids is 1. The first kappa shape index (κ1) is 16.5. The number of para-hydroxylation sites is 1. The molecule has 0 unspecified atom stereocenters.